The number of ether oxygens (including phenoxy) is 1. The Morgan fingerprint density at radius 3 is 2.63 bits per heavy atom. The monoisotopic (exact) mass is 281 g/mol. The maximum atomic E-state index is 12.7. The number of carbonyl (C=O) groups excluding carboxylic acids is 1. The van der Waals surface area contributed by atoms with Gasteiger partial charge in [0.05, 0.1) is 7.11 Å². The topological polar surface area (TPSA) is 64.1 Å². The lowest BCUT2D eigenvalue weighted by molar-refractivity contribution is 0.102. The number of nitrogens with one attached hydrogen (secondary N) is 1. The third-order valence-corrected chi connectivity index (χ3v) is 2.41. The van der Waals surface area contributed by atoms with Crippen LogP contribution >= 0.6 is 11.6 Å². The molecule has 0 spiro atoms. The van der Waals surface area contributed by atoms with E-state index in [0.29, 0.717) is 0 Å². The van der Waals surface area contributed by atoms with E-state index in [-0.39, 0.29) is 22.5 Å². The minimum Gasteiger partial charge on any atom is -0.481 e. The minimum atomic E-state index is -0.468. The summed E-state index contributed by atoms with van der Waals surface area (Å²) in [6.45, 7) is 0. The van der Waals surface area contributed by atoms with E-state index in [1.807, 2.05) is 0 Å². The first-order valence-corrected chi connectivity index (χ1v) is 5.62. The molecular formula is C12H9ClFN3O2. The van der Waals surface area contributed by atoms with Gasteiger partial charge < -0.3 is 4.74 Å². The predicted molar refractivity (Wildman–Crippen MR) is 67.9 cm³/mol. The van der Waals surface area contributed by atoms with Gasteiger partial charge in [0.25, 0.3) is 5.91 Å². The number of methoxy groups -OCH3 is 1. The summed E-state index contributed by atoms with van der Waals surface area (Å²) in [4.78, 5) is 19.6. The fourth-order valence-electron chi connectivity index (χ4n) is 1.33. The Bertz CT molecular complexity index is 604. The van der Waals surface area contributed by atoms with Crippen LogP contribution in [0.4, 0.5) is 10.3 Å². The minimum absolute atomic E-state index is 0.0127. The third-order valence-electron chi connectivity index (χ3n) is 2.21. The van der Waals surface area contributed by atoms with E-state index in [1.54, 1.807) is 0 Å². The fourth-order valence-corrected chi connectivity index (χ4v) is 1.51. The van der Waals surface area contributed by atoms with Crippen LogP contribution < -0.4 is 10.1 Å². The number of benzene rings is 1. The van der Waals surface area contributed by atoms with Crippen LogP contribution in [0.2, 0.25) is 5.15 Å². The SMILES string of the molecule is COc1cc(Cl)nc(NC(=O)c2ccc(F)cc2)n1. The molecule has 5 nitrogen and oxygen atoms in total. The number of rotatable bonds is 3. The highest BCUT2D eigenvalue weighted by Gasteiger charge is 2.10. The first kappa shape index (κ1) is 13.2. The molecular weight excluding hydrogens is 273 g/mol. The Kier molecular flexibility index (Phi) is 3.91. The molecule has 0 atom stereocenters. The average molecular weight is 282 g/mol. The van der Waals surface area contributed by atoms with Crippen LogP contribution in [0.1, 0.15) is 10.4 Å². The number of hydrogen-bond donors (Lipinski definition) is 1. The van der Waals surface area contributed by atoms with Crippen LogP contribution in [0.25, 0.3) is 0 Å². The lowest BCUT2D eigenvalue weighted by Gasteiger charge is -2.05. The van der Waals surface area contributed by atoms with Gasteiger partial charge in [-0.3, -0.25) is 10.1 Å². The molecule has 1 amide bonds. The van der Waals surface area contributed by atoms with Crippen molar-refractivity contribution in [1.29, 1.82) is 0 Å². The summed E-state index contributed by atoms with van der Waals surface area (Å²) in [6, 6.07) is 6.50. The molecule has 0 saturated carbocycles. The number of hydrogen-bond acceptors (Lipinski definition) is 4. The van der Waals surface area contributed by atoms with E-state index in [2.05, 4.69) is 15.3 Å². The van der Waals surface area contributed by atoms with Crippen LogP contribution in [0, 0.1) is 5.82 Å². The second kappa shape index (κ2) is 5.62. The molecule has 0 fully saturated rings. The van der Waals surface area contributed by atoms with Gasteiger partial charge in [-0.15, -0.1) is 0 Å². The molecule has 0 aliphatic carbocycles. The van der Waals surface area contributed by atoms with Gasteiger partial charge in [-0.2, -0.15) is 4.98 Å². The van der Waals surface area contributed by atoms with Crippen molar-refractivity contribution in [3.05, 3.63) is 46.9 Å². The van der Waals surface area contributed by atoms with Crippen molar-refractivity contribution in [1.82, 2.24) is 9.97 Å². The molecule has 2 aromatic rings. The maximum absolute atomic E-state index is 12.7. The van der Waals surface area contributed by atoms with Crippen LogP contribution in [0.3, 0.4) is 0 Å². The summed E-state index contributed by atoms with van der Waals surface area (Å²) < 4.78 is 17.6. The van der Waals surface area contributed by atoms with Crippen LogP contribution in [0.15, 0.2) is 30.3 Å². The number of nitrogens with zero attached hydrogens (tertiary/aromatic N) is 2. The molecule has 0 saturated heterocycles. The second-order valence-corrected chi connectivity index (χ2v) is 3.90. The van der Waals surface area contributed by atoms with Crippen molar-refractivity contribution < 1.29 is 13.9 Å². The molecule has 1 aromatic heterocycles. The lowest BCUT2D eigenvalue weighted by atomic mass is 10.2. The first-order valence-electron chi connectivity index (χ1n) is 5.24. The molecule has 19 heavy (non-hydrogen) atoms. The standard InChI is InChI=1S/C12H9ClFN3O2/c1-19-10-6-9(13)15-12(16-10)17-11(18)7-2-4-8(14)5-3-7/h2-6H,1H3,(H,15,16,17,18). The summed E-state index contributed by atoms with van der Waals surface area (Å²) in [5.41, 5.74) is 0.281. The van der Waals surface area contributed by atoms with Gasteiger partial charge in [-0.05, 0) is 24.3 Å². The van der Waals surface area contributed by atoms with E-state index < -0.39 is 11.7 Å². The largest absolute Gasteiger partial charge is 0.481 e. The molecule has 0 bridgehead atoms. The van der Waals surface area contributed by atoms with Crippen molar-refractivity contribution in [3.63, 3.8) is 0 Å². The molecule has 0 aliphatic rings. The molecule has 2 rings (SSSR count). The van der Waals surface area contributed by atoms with Gasteiger partial charge in [0.1, 0.15) is 11.0 Å². The van der Waals surface area contributed by atoms with Gasteiger partial charge >= 0.3 is 0 Å². The Balaban J connectivity index is 2.18. The summed E-state index contributed by atoms with van der Waals surface area (Å²) in [6.07, 6.45) is 0. The Morgan fingerprint density at radius 1 is 1.32 bits per heavy atom. The molecule has 98 valence electrons. The second-order valence-electron chi connectivity index (χ2n) is 3.52. The number of aromatic nitrogens is 2. The number of carbonyl (C=O) groups is 1. The summed E-state index contributed by atoms with van der Waals surface area (Å²) in [5, 5.41) is 2.59. The van der Waals surface area contributed by atoms with Gasteiger partial charge in [0, 0.05) is 11.6 Å². The summed E-state index contributed by atoms with van der Waals surface area (Å²) in [7, 11) is 1.42. The Labute approximate surface area is 113 Å². The Morgan fingerprint density at radius 2 is 2.00 bits per heavy atom. The van der Waals surface area contributed by atoms with Gasteiger partial charge in [0.15, 0.2) is 0 Å². The van der Waals surface area contributed by atoms with Crippen molar-refractivity contribution in [3.8, 4) is 5.88 Å². The molecule has 0 aliphatic heterocycles. The Hall–Kier alpha value is -2.21. The third kappa shape index (κ3) is 3.38. The zero-order chi connectivity index (χ0) is 13.8. The first-order chi connectivity index (χ1) is 9.08. The van der Waals surface area contributed by atoms with Crippen molar-refractivity contribution in [2.24, 2.45) is 0 Å². The maximum Gasteiger partial charge on any atom is 0.258 e. The average Bonchev–Trinajstić information content (AvgIpc) is 2.38. The van der Waals surface area contributed by atoms with Crippen LogP contribution in [-0.2, 0) is 0 Å². The highest BCUT2D eigenvalue weighted by Crippen LogP contribution is 2.16. The molecule has 0 radical (unpaired) electrons. The van der Waals surface area contributed by atoms with E-state index >= 15 is 0 Å². The lowest BCUT2D eigenvalue weighted by Crippen LogP contribution is -2.14. The van der Waals surface area contributed by atoms with Gasteiger partial charge in [0.2, 0.25) is 11.8 Å². The number of halogens is 2. The zero-order valence-corrected chi connectivity index (χ0v) is 10.6. The quantitative estimate of drug-likeness (QED) is 0.878. The molecule has 1 aromatic carbocycles. The molecule has 1 heterocycles. The molecule has 1 N–H and O–H groups in total. The summed E-state index contributed by atoms with van der Waals surface area (Å²) >= 11 is 5.75. The zero-order valence-electron chi connectivity index (χ0n) is 9.85. The number of amides is 1. The highest BCUT2D eigenvalue weighted by atomic mass is 35.5. The molecule has 0 unspecified atom stereocenters. The normalized spacial score (nSPS) is 10.1. The van der Waals surface area contributed by atoms with Crippen molar-refractivity contribution in [2.45, 2.75) is 0 Å². The van der Waals surface area contributed by atoms with Gasteiger partial charge in [-0.1, -0.05) is 11.6 Å². The van der Waals surface area contributed by atoms with E-state index in [9.17, 15) is 9.18 Å². The van der Waals surface area contributed by atoms with Crippen LogP contribution in [0.5, 0.6) is 5.88 Å². The molecule has 7 heteroatoms. The highest BCUT2D eigenvalue weighted by molar-refractivity contribution is 6.29. The van der Waals surface area contributed by atoms with Gasteiger partial charge in [-0.25, -0.2) is 9.37 Å². The predicted octanol–water partition coefficient (Wildman–Crippen LogP) is 2.53. The summed E-state index contributed by atoms with van der Waals surface area (Å²) in [5.74, 6) is -0.644. The smallest absolute Gasteiger partial charge is 0.258 e. The van der Waals surface area contributed by atoms with E-state index in [1.165, 1.54) is 37.4 Å². The van der Waals surface area contributed by atoms with Crippen LogP contribution in [-0.4, -0.2) is 23.0 Å². The van der Waals surface area contributed by atoms with E-state index in [4.69, 9.17) is 16.3 Å². The fraction of sp³-hybridized carbons (Fsp3) is 0.0833. The van der Waals surface area contributed by atoms with Crippen molar-refractivity contribution >= 4 is 23.5 Å². The number of anilines is 1. The van der Waals surface area contributed by atoms with Crippen molar-refractivity contribution in [2.75, 3.05) is 12.4 Å². The van der Waals surface area contributed by atoms with E-state index in [0.717, 1.165) is 0 Å².